The van der Waals surface area contributed by atoms with Crippen LogP contribution >= 0.6 is 15.9 Å². The molecule has 0 rings (SSSR count). The second-order valence-electron chi connectivity index (χ2n) is 2.82. The number of alkyl halides is 4. The van der Waals surface area contributed by atoms with Crippen LogP contribution in [0, 0.1) is 0 Å². The first-order valence-electron chi connectivity index (χ1n) is 4.24. The van der Waals surface area contributed by atoms with Gasteiger partial charge in [0.25, 0.3) is 0 Å². The Morgan fingerprint density at radius 2 is 2.00 bits per heavy atom. The van der Waals surface area contributed by atoms with Crippen LogP contribution in [-0.2, 0) is 4.74 Å². The van der Waals surface area contributed by atoms with Crippen LogP contribution in [-0.4, -0.2) is 24.2 Å². The molecule has 13 heavy (non-hydrogen) atoms. The summed E-state index contributed by atoms with van der Waals surface area (Å²) in [6, 6.07) is 0. The van der Waals surface area contributed by atoms with Gasteiger partial charge in [0.2, 0.25) is 0 Å². The third-order valence-corrected chi connectivity index (χ3v) is 2.62. The second kappa shape index (κ2) is 6.65. The average Bonchev–Trinajstić information content (AvgIpc) is 2.01. The monoisotopic (exact) mass is 262 g/mol. The summed E-state index contributed by atoms with van der Waals surface area (Å²) >= 11 is 3.39. The van der Waals surface area contributed by atoms with E-state index in [0.29, 0.717) is 11.2 Å². The molecule has 1 nitrogen and oxygen atoms in total. The van der Waals surface area contributed by atoms with E-state index in [1.165, 1.54) is 0 Å². The molecule has 0 aliphatic heterocycles. The summed E-state index contributed by atoms with van der Waals surface area (Å²) < 4.78 is 39.2. The molecule has 1 atom stereocenters. The zero-order valence-electron chi connectivity index (χ0n) is 7.53. The van der Waals surface area contributed by atoms with Gasteiger partial charge in [-0.2, -0.15) is 13.2 Å². The van der Waals surface area contributed by atoms with Gasteiger partial charge in [-0.1, -0.05) is 22.9 Å². The summed E-state index contributed by atoms with van der Waals surface area (Å²) in [5, 5.41) is 0. The number of ether oxygens (including phenoxy) is 1. The Hall–Kier alpha value is 0.230. The topological polar surface area (TPSA) is 9.23 Å². The summed E-state index contributed by atoms with van der Waals surface area (Å²) in [6.45, 7) is 1.07. The van der Waals surface area contributed by atoms with Gasteiger partial charge in [0, 0.05) is 11.4 Å². The van der Waals surface area contributed by atoms with E-state index < -0.39 is 12.8 Å². The van der Waals surface area contributed by atoms with E-state index in [9.17, 15) is 13.2 Å². The molecule has 0 saturated heterocycles. The van der Waals surface area contributed by atoms with Crippen LogP contribution in [0.3, 0.4) is 0 Å². The van der Waals surface area contributed by atoms with E-state index in [1.807, 2.05) is 6.92 Å². The fraction of sp³-hybridized carbons (Fsp3) is 1.00. The lowest BCUT2D eigenvalue weighted by Gasteiger charge is -2.08. The zero-order valence-corrected chi connectivity index (χ0v) is 9.12. The highest BCUT2D eigenvalue weighted by Gasteiger charge is 2.27. The smallest absolute Gasteiger partial charge is 0.372 e. The maximum Gasteiger partial charge on any atom is 0.411 e. The largest absolute Gasteiger partial charge is 0.411 e. The van der Waals surface area contributed by atoms with E-state index in [-0.39, 0.29) is 6.61 Å². The second-order valence-corrected chi connectivity index (χ2v) is 4.11. The number of hydrogen-bond donors (Lipinski definition) is 0. The minimum Gasteiger partial charge on any atom is -0.372 e. The van der Waals surface area contributed by atoms with Gasteiger partial charge in [-0.3, -0.25) is 0 Å². The predicted octanol–water partition coefficient (Wildman–Crippen LogP) is 3.52. The SMILES string of the molecule is CCC(Br)CCCOCC(F)(F)F. The lowest BCUT2D eigenvalue weighted by molar-refractivity contribution is -0.174. The van der Waals surface area contributed by atoms with Crippen molar-refractivity contribution in [3.63, 3.8) is 0 Å². The van der Waals surface area contributed by atoms with Gasteiger partial charge in [0.15, 0.2) is 0 Å². The van der Waals surface area contributed by atoms with Crippen LogP contribution in [0.5, 0.6) is 0 Å². The highest BCUT2D eigenvalue weighted by molar-refractivity contribution is 9.09. The molecule has 80 valence electrons. The van der Waals surface area contributed by atoms with Gasteiger partial charge >= 0.3 is 6.18 Å². The van der Waals surface area contributed by atoms with Crippen molar-refractivity contribution in [3.8, 4) is 0 Å². The first kappa shape index (κ1) is 13.2. The molecule has 0 radical (unpaired) electrons. The van der Waals surface area contributed by atoms with Crippen molar-refractivity contribution in [1.29, 1.82) is 0 Å². The van der Waals surface area contributed by atoms with Gasteiger partial charge in [0.1, 0.15) is 6.61 Å². The van der Waals surface area contributed by atoms with Gasteiger partial charge < -0.3 is 4.74 Å². The van der Waals surface area contributed by atoms with Gasteiger partial charge in [-0.25, -0.2) is 0 Å². The molecule has 0 saturated carbocycles. The standard InChI is InChI=1S/C8H14BrF3O/c1-2-7(9)4-3-5-13-6-8(10,11)12/h7H,2-6H2,1H3. The third kappa shape index (κ3) is 10.1. The van der Waals surface area contributed by atoms with Crippen LogP contribution in [0.15, 0.2) is 0 Å². The van der Waals surface area contributed by atoms with Crippen molar-refractivity contribution >= 4 is 15.9 Å². The highest BCUT2D eigenvalue weighted by atomic mass is 79.9. The number of halogens is 4. The molecule has 1 unspecified atom stereocenters. The minimum atomic E-state index is -4.20. The molecule has 0 N–H and O–H groups in total. The van der Waals surface area contributed by atoms with Gasteiger partial charge in [-0.15, -0.1) is 0 Å². The van der Waals surface area contributed by atoms with Crippen molar-refractivity contribution in [3.05, 3.63) is 0 Å². The molecule has 0 amide bonds. The molecule has 0 heterocycles. The quantitative estimate of drug-likeness (QED) is 0.526. The highest BCUT2D eigenvalue weighted by Crippen LogP contribution is 2.15. The van der Waals surface area contributed by atoms with E-state index in [4.69, 9.17) is 0 Å². The summed E-state index contributed by atoms with van der Waals surface area (Å²) in [5.74, 6) is 0. The average molecular weight is 263 g/mol. The van der Waals surface area contributed by atoms with E-state index in [0.717, 1.165) is 12.8 Å². The Morgan fingerprint density at radius 3 is 2.46 bits per heavy atom. The molecule has 0 bridgehead atoms. The van der Waals surface area contributed by atoms with Crippen molar-refractivity contribution in [1.82, 2.24) is 0 Å². The Balaban J connectivity index is 3.18. The Bertz CT molecular complexity index is 127. The maximum atomic E-state index is 11.6. The summed E-state index contributed by atoms with van der Waals surface area (Å²) in [7, 11) is 0. The molecule has 0 aromatic carbocycles. The minimum absolute atomic E-state index is 0.182. The van der Waals surface area contributed by atoms with Crippen molar-refractivity contribution in [2.24, 2.45) is 0 Å². The van der Waals surface area contributed by atoms with E-state index in [2.05, 4.69) is 20.7 Å². The summed E-state index contributed by atoms with van der Waals surface area (Å²) in [6.07, 6.45) is -1.69. The fourth-order valence-electron chi connectivity index (χ4n) is 0.799. The number of rotatable bonds is 6. The maximum absolute atomic E-state index is 11.6. The third-order valence-electron chi connectivity index (χ3n) is 1.51. The normalized spacial score (nSPS) is 14.5. The molecule has 0 fully saturated rings. The molecule has 0 aliphatic carbocycles. The molecule has 0 aliphatic rings. The van der Waals surface area contributed by atoms with Crippen LogP contribution in [0.2, 0.25) is 0 Å². The number of hydrogen-bond acceptors (Lipinski definition) is 1. The summed E-state index contributed by atoms with van der Waals surface area (Å²) in [5.41, 5.74) is 0. The van der Waals surface area contributed by atoms with Crippen molar-refractivity contribution in [2.45, 2.75) is 37.2 Å². The molecular weight excluding hydrogens is 249 g/mol. The first-order chi connectivity index (χ1) is 5.95. The Morgan fingerprint density at radius 1 is 1.38 bits per heavy atom. The molecular formula is C8H14BrF3O. The van der Waals surface area contributed by atoms with E-state index >= 15 is 0 Å². The fourth-order valence-corrected chi connectivity index (χ4v) is 1.12. The lowest BCUT2D eigenvalue weighted by atomic mass is 10.2. The molecule has 0 aromatic heterocycles. The van der Waals surface area contributed by atoms with Crippen LogP contribution < -0.4 is 0 Å². The molecule has 0 aromatic rings. The lowest BCUT2D eigenvalue weighted by Crippen LogP contribution is -2.17. The molecule has 5 heteroatoms. The van der Waals surface area contributed by atoms with Crippen molar-refractivity contribution < 1.29 is 17.9 Å². The van der Waals surface area contributed by atoms with Gasteiger partial charge in [-0.05, 0) is 19.3 Å². The van der Waals surface area contributed by atoms with Crippen molar-refractivity contribution in [2.75, 3.05) is 13.2 Å². The zero-order chi connectivity index (χ0) is 10.3. The van der Waals surface area contributed by atoms with E-state index in [1.54, 1.807) is 0 Å². The van der Waals surface area contributed by atoms with Crippen LogP contribution in [0.25, 0.3) is 0 Å². The van der Waals surface area contributed by atoms with Crippen LogP contribution in [0.4, 0.5) is 13.2 Å². The Labute approximate surface area is 84.8 Å². The van der Waals surface area contributed by atoms with Gasteiger partial charge in [0.05, 0.1) is 0 Å². The predicted molar refractivity (Wildman–Crippen MR) is 49.1 cm³/mol. The Kier molecular flexibility index (Phi) is 6.77. The summed E-state index contributed by atoms with van der Waals surface area (Å²) in [4.78, 5) is 0.391. The molecule has 0 spiro atoms. The van der Waals surface area contributed by atoms with Crippen LogP contribution in [0.1, 0.15) is 26.2 Å². The first-order valence-corrected chi connectivity index (χ1v) is 5.16.